The molecule has 0 aliphatic rings. The maximum absolute atomic E-state index is 13.2. The molecule has 1 aromatic carbocycles. The Labute approximate surface area is 112 Å². The number of benzene rings is 1. The van der Waals surface area contributed by atoms with Crippen molar-refractivity contribution in [3.8, 4) is 0 Å². The Morgan fingerprint density at radius 3 is 2.94 bits per heavy atom. The molecule has 1 aromatic heterocycles. The van der Waals surface area contributed by atoms with Gasteiger partial charge in [-0.05, 0) is 40.7 Å². The third kappa shape index (κ3) is 3.12. The number of rotatable bonds is 4. The highest BCUT2D eigenvalue weighted by Crippen LogP contribution is 2.24. The molecule has 17 heavy (non-hydrogen) atoms. The summed E-state index contributed by atoms with van der Waals surface area (Å²) in [5.74, 6) is -0.235. The molecule has 0 aliphatic heterocycles. The van der Waals surface area contributed by atoms with Crippen molar-refractivity contribution in [2.45, 2.75) is 12.5 Å². The molecule has 0 aliphatic carbocycles. The van der Waals surface area contributed by atoms with Gasteiger partial charge in [0, 0.05) is 23.5 Å². The van der Waals surface area contributed by atoms with E-state index in [1.165, 1.54) is 10.9 Å². The van der Waals surface area contributed by atoms with Crippen molar-refractivity contribution >= 4 is 27.3 Å². The zero-order valence-corrected chi connectivity index (χ0v) is 11.7. The van der Waals surface area contributed by atoms with Gasteiger partial charge in [0.05, 0.1) is 9.98 Å². The van der Waals surface area contributed by atoms with E-state index in [0.29, 0.717) is 4.47 Å². The molecule has 2 aromatic rings. The molecule has 0 radical (unpaired) electrons. The second-order valence-corrected chi connectivity index (χ2v) is 5.51. The van der Waals surface area contributed by atoms with Crippen LogP contribution >= 0.6 is 27.3 Å². The van der Waals surface area contributed by atoms with Crippen molar-refractivity contribution in [2.24, 2.45) is 0 Å². The van der Waals surface area contributed by atoms with Gasteiger partial charge >= 0.3 is 0 Å². The van der Waals surface area contributed by atoms with Crippen molar-refractivity contribution in [3.05, 3.63) is 50.6 Å². The SMILES string of the molecule is CNC(Cc1cncs1)c1ccc(F)c(Br)c1. The van der Waals surface area contributed by atoms with E-state index in [1.807, 2.05) is 30.9 Å². The molecule has 0 saturated heterocycles. The highest BCUT2D eigenvalue weighted by Gasteiger charge is 2.12. The van der Waals surface area contributed by atoms with Crippen LogP contribution in [-0.2, 0) is 6.42 Å². The molecule has 0 fully saturated rings. The average Bonchev–Trinajstić information content (AvgIpc) is 2.82. The van der Waals surface area contributed by atoms with Gasteiger partial charge in [-0.25, -0.2) is 4.39 Å². The topological polar surface area (TPSA) is 24.9 Å². The lowest BCUT2D eigenvalue weighted by Gasteiger charge is -2.16. The van der Waals surface area contributed by atoms with E-state index in [-0.39, 0.29) is 11.9 Å². The fraction of sp³-hybridized carbons (Fsp3) is 0.250. The summed E-state index contributed by atoms with van der Waals surface area (Å²) in [5.41, 5.74) is 2.89. The molecule has 0 amide bonds. The maximum atomic E-state index is 13.2. The molecule has 2 nitrogen and oxygen atoms in total. The van der Waals surface area contributed by atoms with Crippen LogP contribution in [0.4, 0.5) is 4.39 Å². The highest BCUT2D eigenvalue weighted by molar-refractivity contribution is 9.10. The molecular weight excluding hydrogens is 303 g/mol. The van der Waals surface area contributed by atoms with E-state index in [1.54, 1.807) is 11.3 Å². The van der Waals surface area contributed by atoms with Crippen LogP contribution in [0.25, 0.3) is 0 Å². The third-order valence-corrected chi connectivity index (χ3v) is 3.99. The molecule has 0 spiro atoms. The number of halogens is 2. The van der Waals surface area contributed by atoms with Crippen LogP contribution in [0.5, 0.6) is 0 Å². The second kappa shape index (κ2) is 5.71. The lowest BCUT2D eigenvalue weighted by molar-refractivity contribution is 0.587. The Kier molecular flexibility index (Phi) is 4.25. The second-order valence-electron chi connectivity index (χ2n) is 3.69. The molecule has 0 saturated carbocycles. The predicted molar refractivity (Wildman–Crippen MR) is 71.7 cm³/mol. The van der Waals surface area contributed by atoms with Gasteiger partial charge in [0.1, 0.15) is 5.82 Å². The monoisotopic (exact) mass is 314 g/mol. The van der Waals surface area contributed by atoms with Gasteiger partial charge < -0.3 is 5.32 Å². The first kappa shape index (κ1) is 12.7. The Morgan fingerprint density at radius 2 is 2.35 bits per heavy atom. The summed E-state index contributed by atoms with van der Waals surface area (Å²) in [6.07, 6.45) is 2.73. The summed E-state index contributed by atoms with van der Waals surface area (Å²) >= 11 is 4.84. The minimum Gasteiger partial charge on any atom is -0.313 e. The van der Waals surface area contributed by atoms with E-state index < -0.39 is 0 Å². The average molecular weight is 315 g/mol. The predicted octanol–water partition coefficient (Wildman–Crippen LogP) is 3.55. The normalized spacial score (nSPS) is 12.6. The van der Waals surface area contributed by atoms with Gasteiger partial charge in [0.25, 0.3) is 0 Å². The zero-order valence-electron chi connectivity index (χ0n) is 9.28. The summed E-state index contributed by atoms with van der Waals surface area (Å²) < 4.78 is 13.7. The first-order valence-corrected chi connectivity index (χ1v) is 6.87. The molecule has 5 heteroatoms. The summed E-state index contributed by atoms with van der Waals surface area (Å²) in [4.78, 5) is 5.27. The Hall–Kier alpha value is -0.780. The molecular formula is C12H12BrFN2S. The standard InChI is InChI=1S/C12H12BrFN2S/c1-15-12(5-9-6-16-7-17-9)8-2-3-11(14)10(13)4-8/h2-4,6-7,12,15H,5H2,1H3. The molecule has 1 N–H and O–H groups in total. The van der Waals surface area contributed by atoms with Crippen molar-refractivity contribution in [2.75, 3.05) is 7.05 Å². The van der Waals surface area contributed by atoms with E-state index in [0.717, 1.165) is 12.0 Å². The summed E-state index contributed by atoms with van der Waals surface area (Å²) in [7, 11) is 1.91. The Bertz CT molecular complexity index is 487. The molecule has 2 rings (SSSR count). The molecule has 0 bridgehead atoms. The number of nitrogens with one attached hydrogen (secondary N) is 1. The number of nitrogens with zero attached hydrogens (tertiary/aromatic N) is 1. The number of likely N-dealkylation sites (N-methyl/N-ethyl adjacent to an activating group) is 1. The fourth-order valence-electron chi connectivity index (χ4n) is 1.66. The van der Waals surface area contributed by atoms with Crippen molar-refractivity contribution in [3.63, 3.8) is 0 Å². The third-order valence-electron chi connectivity index (χ3n) is 2.58. The van der Waals surface area contributed by atoms with Crippen LogP contribution in [0.1, 0.15) is 16.5 Å². The first-order valence-electron chi connectivity index (χ1n) is 5.20. The maximum Gasteiger partial charge on any atom is 0.137 e. The molecule has 1 unspecified atom stereocenters. The largest absolute Gasteiger partial charge is 0.313 e. The van der Waals surface area contributed by atoms with E-state index in [9.17, 15) is 4.39 Å². The first-order chi connectivity index (χ1) is 8.20. The van der Waals surface area contributed by atoms with Crippen LogP contribution in [-0.4, -0.2) is 12.0 Å². The van der Waals surface area contributed by atoms with Crippen LogP contribution in [0.15, 0.2) is 34.4 Å². The van der Waals surface area contributed by atoms with Gasteiger partial charge in [-0.15, -0.1) is 11.3 Å². The smallest absolute Gasteiger partial charge is 0.137 e. The summed E-state index contributed by atoms with van der Waals surface area (Å²) in [6, 6.07) is 5.28. The molecule has 90 valence electrons. The lowest BCUT2D eigenvalue weighted by atomic mass is 10.0. The van der Waals surface area contributed by atoms with Crippen molar-refractivity contribution < 1.29 is 4.39 Å². The van der Waals surface area contributed by atoms with Gasteiger partial charge in [-0.3, -0.25) is 4.98 Å². The van der Waals surface area contributed by atoms with E-state index in [4.69, 9.17) is 0 Å². The summed E-state index contributed by atoms with van der Waals surface area (Å²) in [6.45, 7) is 0. The highest BCUT2D eigenvalue weighted by atomic mass is 79.9. The molecule has 1 atom stereocenters. The van der Waals surface area contributed by atoms with Crippen LogP contribution in [0.3, 0.4) is 0 Å². The number of hydrogen-bond acceptors (Lipinski definition) is 3. The van der Waals surface area contributed by atoms with Gasteiger partial charge in [0.2, 0.25) is 0 Å². The fourth-order valence-corrected chi connectivity index (χ4v) is 2.70. The summed E-state index contributed by atoms with van der Waals surface area (Å²) in [5, 5.41) is 3.24. The number of thiazole rings is 1. The van der Waals surface area contributed by atoms with Crippen LogP contribution in [0, 0.1) is 5.82 Å². The quantitative estimate of drug-likeness (QED) is 0.933. The molecule has 1 heterocycles. The van der Waals surface area contributed by atoms with Gasteiger partial charge in [0.15, 0.2) is 0 Å². The van der Waals surface area contributed by atoms with Crippen molar-refractivity contribution in [1.82, 2.24) is 10.3 Å². The minimum absolute atomic E-state index is 0.173. The Balaban J connectivity index is 2.20. The van der Waals surface area contributed by atoms with Gasteiger partial charge in [-0.1, -0.05) is 6.07 Å². The number of aromatic nitrogens is 1. The van der Waals surface area contributed by atoms with E-state index >= 15 is 0 Å². The van der Waals surface area contributed by atoms with Crippen LogP contribution < -0.4 is 5.32 Å². The Morgan fingerprint density at radius 1 is 1.53 bits per heavy atom. The zero-order chi connectivity index (χ0) is 12.3. The lowest BCUT2D eigenvalue weighted by Crippen LogP contribution is -2.18. The van der Waals surface area contributed by atoms with Crippen LogP contribution in [0.2, 0.25) is 0 Å². The minimum atomic E-state index is -0.235. The van der Waals surface area contributed by atoms with Crippen molar-refractivity contribution in [1.29, 1.82) is 0 Å². The van der Waals surface area contributed by atoms with Gasteiger partial charge in [-0.2, -0.15) is 0 Å². The number of hydrogen-bond donors (Lipinski definition) is 1. The van der Waals surface area contributed by atoms with E-state index in [2.05, 4.69) is 26.2 Å².